The molecule has 3 aromatic heterocycles. The third-order valence-electron chi connectivity index (χ3n) is 6.70. The van der Waals surface area contributed by atoms with Crippen LogP contribution in [0.4, 0.5) is 5.69 Å². The average molecular weight is 495 g/mol. The van der Waals surface area contributed by atoms with E-state index in [1.54, 1.807) is 19.5 Å². The maximum atomic E-state index is 9.85. The maximum Gasteiger partial charge on any atom is 0.319 e. The van der Waals surface area contributed by atoms with E-state index < -0.39 is 0 Å². The van der Waals surface area contributed by atoms with E-state index in [-0.39, 0.29) is 12.1 Å². The molecule has 2 fully saturated rings. The molecule has 2 aliphatic heterocycles. The lowest BCUT2D eigenvalue weighted by Gasteiger charge is -2.26. The Labute approximate surface area is 209 Å². The van der Waals surface area contributed by atoms with E-state index in [4.69, 9.17) is 14.2 Å². The van der Waals surface area contributed by atoms with Crippen molar-refractivity contribution in [2.24, 2.45) is 0 Å². The molecule has 0 aromatic carbocycles. The van der Waals surface area contributed by atoms with E-state index >= 15 is 0 Å². The first-order chi connectivity index (χ1) is 17.2. The molecule has 0 bridgehead atoms. The molecule has 5 heterocycles. The van der Waals surface area contributed by atoms with Crippen molar-refractivity contribution >= 4 is 27.2 Å². The van der Waals surface area contributed by atoms with Gasteiger partial charge in [0.1, 0.15) is 10.9 Å². The number of nitriles is 1. The molecule has 1 unspecified atom stereocenters. The normalized spacial score (nSPS) is 18.7. The fraction of sp³-hybridized carbons (Fsp3) is 0.520. The largest absolute Gasteiger partial charge is 0.480 e. The standard InChI is InChI=1S/C25H30N6O3S/c1-32-23-20(15-28-25(29-23)33-2)21-12-19-22(17(13-26)14-27-24(19)35-21)31-9-6-18(16-31)34-11-10-30-7-4-3-5-8-30/h12,14-15,18H,3-11,16H2,1-2H3. The highest BCUT2D eigenvalue weighted by Crippen LogP contribution is 2.42. The van der Waals surface area contributed by atoms with Gasteiger partial charge in [-0.25, -0.2) is 9.97 Å². The highest BCUT2D eigenvalue weighted by Gasteiger charge is 2.28. The summed E-state index contributed by atoms with van der Waals surface area (Å²) < 4.78 is 16.9. The molecule has 35 heavy (non-hydrogen) atoms. The highest BCUT2D eigenvalue weighted by atomic mass is 32.1. The highest BCUT2D eigenvalue weighted by molar-refractivity contribution is 7.22. The molecule has 10 heteroatoms. The zero-order valence-electron chi connectivity index (χ0n) is 20.2. The number of hydrogen-bond acceptors (Lipinski definition) is 10. The van der Waals surface area contributed by atoms with Crippen molar-refractivity contribution in [2.75, 3.05) is 58.5 Å². The quantitative estimate of drug-likeness (QED) is 0.464. The number of ether oxygens (including phenoxy) is 3. The van der Waals surface area contributed by atoms with Crippen molar-refractivity contribution < 1.29 is 14.2 Å². The summed E-state index contributed by atoms with van der Waals surface area (Å²) in [5.41, 5.74) is 2.27. The fourth-order valence-corrected chi connectivity index (χ4v) is 5.91. The Morgan fingerprint density at radius 2 is 1.97 bits per heavy atom. The smallest absolute Gasteiger partial charge is 0.319 e. The van der Waals surface area contributed by atoms with Crippen LogP contribution in [0.25, 0.3) is 20.7 Å². The molecule has 184 valence electrons. The molecule has 0 saturated carbocycles. The minimum Gasteiger partial charge on any atom is -0.480 e. The Morgan fingerprint density at radius 1 is 1.11 bits per heavy atom. The SMILES string of the molecule is COc1ncc(-c2cc3c(N4CCC(OCCN5CCCCC5)C4)c(C#N)cnc3s2)c(OC)n1. The Hall–Kier alpha value is -3.00. The number of pyridine rings is 1. The van der Waals surface area contributed by atoms with Crippen LogP contribution in [0.1, 0.15) is 31.2 Å². The first kappa shape index (κ1) is 23.7. The summed E-state index contributed by atoms with van der Waals surface area (Å²) >= 11 is 1.53. The number of aromatic nitrogens is 3. The maximum absolute atomic E-state index is 9.85. The number of hydrogen-bond donors (Lipinski definition) is 0. The van der Waals surface area contributed by atoms with Gasteiger partial charge in [-0.3, -0.25) is 0 Å². The Bertz CT molecular complexity index is 1220. The number of methoxy groups -OCH3 is 2. The Kier molecular flexibility index (Phi) is 7.27. The van der Waals surface area contributed by atoms with Crippen LogP contribution >= 0.6 is 11.3 Å². The van der Waals surface area contributed by atoms with E-state index in [0.29, 0.717) is 11.4 Å². The lowest BCUT2D eigenvalue weighted by Crippen LogP contribution is -2.34. The number of piperidine rings is 1. The molecule has 0 radical (unpaired) electrons. The second-order valence-electron chi connectivity index (χ2n) is 8.87. The predicted molar refractivity (Wildman–Crippen MR) is 135 cm³/mol. The molecule has 0 aliphatic carbocycles. The summed E-state index contributed by atoms with van der Waals surface area (Å²) in [7, 11) is 3.10. The molecule has 9 nitrogen and oxygen atoms in total. The minimum atomic E-state index is 0.169. The zero-order valence-corrected chi connectivity index (χ0v) is 21.0. The Balaban J connectivity index is 1.36. The van der Waals surface area contributed by atoms with Gasteiger partial charge in [0.15, 0.2) is 0 Å². The van der Waals surface area contributed by atoms with Crippen molar-refractivity contribution in [3.05, 3.63) is 24.0 Å². The molecular formula is C25H30N6O3S. The number of likely N-dealkylation sites (tertiary alicyclic amines) is 1. The van der Waals surface area contributed by atoms with Crippen LogP contribution < -0.4 is 14.4 Å². The molecule has 2 aliphatic rings. The number of nitrogens with zero attached hydrogens (tertiary/aromatic N) is 6. The van der Waals surface area contributed by atoms with Crippen molar-refractivity contribution in [3.8, 4) is 28.4 Å². The van der Waals surface area contributed by atoms with E-state index in [0.717, 1.165) is 59.0 Å². The van der Waals surface area contributed by atoms with E-state index in [1.807, 2.05) is 0 Å². The number of anilines is 1. The van der Waals surface area contributed by atoms with Crippen LogP contribution in [0.15, 0.2) is 18.5 Å². The monoisotopic (exact) mass is 494 g/mol. The molecule has 5 rings (SSSR count). The summed E-state index contributed by atoms with van der Waals surface area (Å²) in [6.45, 7) is 5.75. The molecule has 0 amide bonds. The third-order valence-corrected chi connectivity index (χ3v) is 7.77. The van der Waals surface area contributed by atoms with Crippen molar-refractivity contribution in [1.29, 1.82) is 5.26 Å². The second kappa shape index (κ2) is 10.7. The summed E-state index contributed by atoms with van der Waals surface area (Å²) in [4.78, 5) is 19.7. The molecule has 3 aromatic rings. The summed E-state index contributed by atoms with van der Waals surface area (Å²) in [6, 6.07) is 4.65. The van der Waals surface area contributed by atoms with E-state index in [1.165, 1.54) is 50.8 Å². The van der Waals surface area contributed by atoms with Crippen LogP contribution in [0, 0.1) is 11.3 Å². The minimum absolute atomic E-state index is 0.169. The predicted octanol–water partition coefficient (Wildman–Crippen LogP) is 3.72. The van der Waals surface area contributed by atoms with Crippen LogP contribution in [-0.2, 0) is 4.74 Å². The van der Waals surface area contributed by atoms with Gasteiger partial charge in [-0.2, -0.15) is 10.2 Å². The van der Waals surface area contributed by atoms with Gasteiger partial charge in [-0.05, 0) is 38.4 Å². The van der Waals surface area contributed by atoms with Gasteiger partial charge in [0.05, 0.1) is 43.7 Å². The van der Waals surface area contributed by atoms with Gasteiger partial charge >= 0.3 is 6.01 Å². The van der Waals surface area contributed by atoms with Crippen LogP contribution in [0.2, 0.25) is 0 Å². The van der Waals surface area contributed by atoms with Gasteiger partial charge < -0.3 is 24.0 Å². The van der Waals surface area contributed by atoms with Crippen molar-refractivity contribution in [1.82, 2.24) is 19.9 Å². The summed E-state index contributed by atoms with van der Waals surface area (Å²) in [6.07, 6.45) is 8.42. The van der Waals surface area contributed by atoms with Gasteiger partial charge in [0.2, 0.25) is 5.88 Å². The molecule has 0 spiro atoms. The van der Waals surface area contributed by atoms with Gasteiger partial charge in [-0.15, -0.1) is 11.3 Å². The van der Waals surface area contributed by atoms with Crippen molar-refractivity contribution in [3.63, 3.8) is 0 Å². The number of rotatable bonds is 8. The lowest BCUT2D eigenvalue weighted by atomic mass is 10.1. The van der Waals surface area contributed by atoms with Crippen molar-refractivity contribution in [2.45, 2.75) is 31.8 Å². The molecular weight excluding hydrogens is 464 g/mol. The van der Waals surface area contributed by atoms with Crippen LogP contribution in [-0.4, -0.2) is 79.5 Å². The van der Waals surface area contributed by atoms with Gasteiger partial charge in [0.25, 0.3) is 0 Å². The number of fused-ring (bicyclic) bond motifs is 1. The Morgan fingerprint density at radius 3 is 2.74 bits per heavy atom. The van der Waals surface area contributed by atoms with Crippen LogP contribution in [0.5, 0.6) is 11.9 Å². The molecule has 2 saturated heterocycles. The summed E-state index contributed by atoms with van der Waals surface area (Å²) in [5, 5.41) is 10.8. The first-order valence-electron chi connectivity index (χ1n) is 12.1. The first-order valence-corrected chi connectivity index (χ1v) is 12.9. The molecule has 0 N–H and O–H groups in total. The van der Waals surface area contributed by atoms with E-state index in [2.05, 4.69) is 36.9 Å². The second-order valence-corrected chi connectivity index (χ2v) is 9.90. The number of thiophene rings is 1. The topological polar surface area (TPSA) is 96.6 Å². The van der Waals surface area contributed by atoms with Gasteiger partial charge in [-0.1, -0.05) is 6.42 Å². The average Bonchev–Trinajstić information content (AvgIpc) is 3.55. The van der Waals surface area contributed by atoms with E-state index in [9.17, 15) is 5.26 Å². The summed E-state index contributed by atoms with van der Waals surface area (Å²) in [5.74, 6) is 0.439. The molecule has 1 atom stereocenters. The fourth-order valence-electron chi connectivity index (χ4n) is 4.90. The zero-order chi connectivity index (χ0) is 24.2. The third kappa shape index (κ3) is 5.03. The van der Waals surface area contributed by atoms with Gasteiger partial charge in [0, 0.05) is 42.3 Å². The van der Waals surface area contributed by atoms with Crippen LogP contribution in [0.3, 0.4) is 0 Å². The lowest BCUT2D eigenvalue weighted by molar-refractivity contribution is 0.0467.